The Balaban J connectivity index is 3.40. The molecule has 296 valence electrons. The number of aliphatic hydroxyl groups is 4. The van der Waals surface area contributed by atoms with Crippen molar-refractivity contribution in [3.63, 3.8) is 0 Å². The van der Waals surface area contributed by atoms with Gasteiger partial charge in [0, 0.05) is 118 Å². The first-order valence-corrected chi connectivity index (χ1v) is 18.8. The second kappa shape index (κ2) is 27.8. The van der Waals surface area contributed by atoms with Gasteiger partial charge in [-0.1, -0.05) is 20.8 Å². The standard InChI is InChI=1S/C35H72N6O9/c1-7-30(42)26-36-13-14-37(27-31(43)8-2)18-23-41(35(47)50-6)24-20-39(29-33(45)12-10-11-25-48-4)16-15-38(28-32(44)9-3)19-22-40(21-17-36)34(46)49-5/h30-33,42-45H,7-29H2,1-6H3. The van der Waals surface area contributed by atoms with Gasteiger partial charge in [0.1, 0.15) is 0 Å². The summed E-state index contributed by atoms with van der Waals surface area (Å²) in [5.41, 5.74) is 0. The summed E-state index contributed by atoms with van der Waals surface area (Å²) in [5, 5.41) is 42.8. The molecule has 1 saturated heterocycles. The minimum atomic E-state index is -0.555. The van der Waals surface area contributed by atoms with Crippen LogP contribution in [0.15, 0.2) is 0 Å². The van der Waals surface area contributed by atoms with Gasteiger partial charge < -0.3 is 44.4 Å². The molecule has 0 bridgehead atoms. The van der Waals surface area contributed by atoms with Crippen LogP contribution in [0.5, 0.6) is 0 Å². The van der Waals surface area contributed by atoms with Crippen LogP contribution in [-0.4, -0.2) is 219 Å². The summed E-state index contributed by atoms with van der Waals surface area (Å²) in [6.45, 7) is 14.1. The van der Waals surface area contributed by atoms with Gasteiger partial charge in [-0.3, -0.25) is 19.6 Å². The van der Waals surface area contributed by atoms with E-state index < -0.39 is 36.6 Å². The number of amides is 2. The third-order valence-corrected chi connectivity index (χ3v) is 9.50. The summed E-state index contributed by atoms with van der Waals surface area (Å²) in [4.78, 5) is 37.8. The molecule has 0 aromatic rings. The van der Waals surface area contributed by atoms with Crippen LogP contribution in [0, 0.1) is 0 Å². The first-order valence-electron chi connectivity index (χ1n) is 18.8. The summed E-state index contributed by atoms with van der Waals surface area (Å²) in [7, 11) is 4.42. The zero-order valence-corrected chi connectivity index (χ0v) is 32.1. The highest BCUT2D eigenvalue weighted by Crippen LogP contribution is 2.09. The number of β-amino-alcohol motifs (C(OH)–C–C–N with tert-alkyl or cyclic N) is 4. The Morgan fingerprint density at radius 2 is 0.800 bits per heavy atom. The first-order chi connectivity index (χ1) is 24.0. The second-order valence-electron chi connectivity index (χ2n) is 13.4. The van der Waals surface area contributed by atoms with E-state index in [1.54, 1.807) is 16.9 Å². The van der Waals surface area contributed by atoms with Gasteiger partial charge in [-0.2, -0.15) is 0 Å². The van der Waals surface area contributed by atoms with Crippen LogP contribution in [-0.2, 0) is 14.2 Å². The van der Waals surface area contributed by atoms with Crippen LogP contribution in [0.4, 0.5) is 9.59 Å². The summed E-state index contributed by atoms with van der Waals surface area (Å²) >= 11 is 0. The van der Waals surface area contributed by atoms with Crippen LogP contribution >= 0.6 is 0 Å². The Bertz CT molecular complexity index is 879. The number of carbonyl (C=O) groups is 2. The molecule has 4 N–H and O–H groups in total. The van der Waals surface area contributed by atoms with Crippen LogP contribution < -0.4 is 0 Å². The lowest BCUT2D eigenvalue weighted by Crippen LogP contribution is -2.50. The number of aliphatic hydroxyl groups excluding tert-OH is 4. The zero-order valence-electron chi connectivity index (χ0n) is 32.1. The quantitative estimate of drug-likeness (QED) is 0.166. The van der Waals surface area contributed by atoms with Crippen molar-refractivity contribution in [2.24, 2.45) is 0 Å². The average molecular weight is 721 g/mol. The SMILES string of the molecule is CCC(O)CN1CCN(CC(O)CC)CCN(C(=O)OC)CCN(CC(O)CCCCOC)CCN(CC(O)CC)CCN(C(=O)OC)CC1. The molecule has 1 aliphatic rings. The lowest BCUT2D eigenvalue weighted by molar-refractivity contribution is 0.0555. The van der Waals surface area contributed by atoms with Crippen LogP contribution in [0.1, 0.15) is 59.3 Å². The topological polar surface area (TPSA) is 162 Å². The maximum atomic E-state index is 13.0. The van der Waals surface area contributed by atoms with E-state index in [0.29, 0.717) is 137 Å². The number of methoxy groups -OCH3 is 3. The molecule has 0 aromatic carbocycles. The Morgan fingerprint density at radius 1 is 0.500 bits per heavy atom. The highest BCUT2D eigenvalue weighted by Gasteiger charge is 2.24. The fraction of sp³-hybridized carbons (Fsp3) is 0.943. The minimum absolute atomic E-state index is 0.385. The highest BCUT2D eigenvalue weighted by molar-refractivity contribution is 5.67. The van der Waals surface area contributed by atoms with E-state index in [0.717, 1.165) is 12.8 Å². The molecular formula is C35H72N6O9. The average Bonchev–Trinajstić information content (AvgIpc) is 3.12. The van der Waals surface area contributed by atoms with Gasteiger partial charge in [-0.15, -0.1) is 0 Å². The van der Waals surface area contributed by atoms with Gasteiger partial charge in [0.25, 0.3) is 0 Å². The number of unbranched alkanes of at least 4 members (excludes halogenated alkanes) is 1. The molecule has 0 radical (unpaired) electrons. The van der Waals surface area contributed by atoms with Crippen molar-refractivity contribution in [2.75, 3.05) is 133 Å². The largest absolute Gasteiger partial charge is 0.453 e. The van der Waals surface area contributed by atoms with Gasteiger partial charge in [0.15, 0.2) is 0 Å². The number of ether oxygens (including phenoxy) is 3. The van der Waals surface area contributed by atoms with Crippen LogP contribution in [0.2, 0.25) is 0 Å². The van der Waals surface area contributed by atoms with E-state index in [-0.39, 0.29) is 0 Å². The normalized spacial score (nSPS) is 20.4. The van der Waals surface area contributed by atoms with Gasteiger partial charge in [-0.25, -0.2) is 9.59 Å². The Hall–Kier alpha value is -1.82. The van der Waals surface area contributed by atoms with E-state index in [1.165, 1.54) is 14.2 Å². The van der Waals surface area contributed by atoms with Crippen molar-refractivity contribution in [1.82, 2.24) is 29.4 Å². The fourth-order valence-electron chi connectivity index (χ4n) is 5.94. The molecular weight excluding hydrogens is 648 g/mol. The van der Waals surface area contributed by atoms with E-state index in [2.05, 4.69) is 19.6 Å². The maximum Gasteiger partial charge on any atom is 0.409 e. The molecule has 0 saturated carbocycles. The number of carbonyl (C=O) groups excluding carboxylic acids is 2. The highest BCUT2D eigenvalue weighted by atomic mass is 16.5. The minimum Gasteiger partial charge on any atom is -0.453 e. The number of hydrogen-bond donors (Lipinski definition) is 4. The molecule has 1 heterocycles. The van der Waals surface area contributed by atoms with E-state index >= 15 is 0 Å². The van der Waals surface area contributed by atoms with Gasteiger partial charge in [0.2, 0.25) is 0 Å². The molecule has 15 heteroatoms. The summed E-state index contributed by atoms with van der Waals surface area (Å²) in [5.74, 6) is 0. The Morgan fingerprint density at radius 3 is 1.08 bits per heavy atom. The van der Waals surface area contributed by atoms with Crippen molar-refractivity contribution in [3.05, 3.63) is 0 Å². The van der Waals surface area contributed by atoms with E-state index in [9.17, 15) is 30.0 Å². The molecule has 1 aliphatic heterocycles. The lowest BCUT2D eigenvalue weighted by Gasteiger charge is -2.35. The third kappa shape index (κ3) is 20.3. The molecule has 15 nitrogen and oxygen atoms in total. The fourth-order valence-corrected chi connectivity index (χ4v) is 5.94. The number of hydrogen-bond acceptors (Lipinski definition) is 13. The van der Waals surface area contributed by atoms with Gasteiger partial charge in [-0.05, 0) is 38.5 Å². The van der Waals surface area contributed by atoms with Crippen molar-refractivity contribution in [1.29, 1.82) is 0 Å². The third-order valence-electron chi connectivity index (χ3n) is 9.50. The van der Waals surface area contributed by atoms with E-state index in [1.807, 2.05) is 20.8 Å². The first kappa shape index (κ1) is 46.2. The van der Waals surface area contributed by atoms with Crippen LogP contribution in [0.3, 0.4) is 0 Å². The maximum absolute atomic E-state index is 13.0. The molecule has 0 spiro atoms. The van der Waals surface area contributed by atoms with Gasteiger partial charge in [0.05, 0.1) is 38.6 Å². The van der Waals surface area contributed by atoms with Crippen molar-refractivity contribution in [3.8, 4) is 0 Å². The number of nitrogens with zero attached hydrogens (tertiary/aromatic N) is 6. The van der Waals surface area contributed by atoms with Crippen molar-refractivity contribution >= 4 is 12.2 Å². The predicted octanol–water partition coefficient (Wildman–Crippen LogP) is 0.835. The zero-order chi connectivity index (χ0) is 37.3. The lowest BCUT2D eigenvalue weighted by atomic mass is 10.1. The Labute approximate surface area is 302 Å². The summed E-state index contributed by atoms with van der Waals surface area (Å²) < 4.78 is 15.5. The summed E-state index contributed by atoms with van der Waals surface area (Å²) in [6, 6.07) is 0. The Kier molecular flexibility index (Phi) is 25.7. The molecule has 2 amide bonds. The van der Waals surface area contributed by atoms with Crippen molar-refractivity contribution < 1.29 is 44.2 Å². The smallest absolute Gasteiger partial charge is 0.409 e. The molecule has 1 rings (SSSR count). The molecule has 4 unspecified atom stereocenters. The molecule has 0 aromatic heterocycles. The molecule has 4 atom stereocenters. The predicted molar refractivity (Wildman–Crippen MR) is 194 cm³/mol. The monoisotopic (exact) mass is 721 g/mol. The summed E-state index contributed by atoms with van der Waals surface area (Å²) in [6.07, 6.45) is 1.12. The van der Waals surface area contributed by atoms with Crippen LogP contribution in [0.25, 0.3) is 0 Å². The van der Waals surface area contributed by atoms with Gasteiger partial charge >= 0.3 is 12.2 Å². The van der Waals surface area contributed by atoms with E-state index in [4.69, 9.17) is 14.2 Å². The molecule has 1 fully saturated rings. The molecule has 0 aliphatic carbocycles. The second-order valence-corrected chi connectivity index (χ2v) is 13.4. The number of rotatable bonds is 16. The van der Waals surface area contributed by atoms with Crippen molar-refractivity contribution in [2.45, 2.75) is 83.7 Å². The molecule has 50 heavy (non-hydrogen) atoms.